The van der Waals surface area contributed by atoms with Crippen LogP contribution in [0.25, 0.3) is 11.2 Å². The number of nitrogens with one attached hydrogen (secondary N) is 4. The number of imidazole rings is 1. The third-order valence-corrected chi connectivity index (χ3v) is 1.73. The average molecular weight is 188 g/mol. The van der Waals surface area contributed by atoms with Gasteiger partial charge in [0.05, 0.1) is 0 Å². The van der Waals surface area contributed by atoms with E-state index < -0.39 is 11.4 Å². The summed E-state index contributed by atoms with van der Waals surface area (Å²) in [6, 6.07) is 0. The molecule has 2 aromatic rings. The highest BCUT2D eigenvalue weighted by Gasteiger charge is 1.99. The van der Waals surface area contributed by atoms with E-state index in [1.165, 1.54) is 0 Å². The molecule has 0 aliphatic carbocycles. The first-order chi connectivity index (χ1) is 5.66. The van der Waals surface area contributed by atoms with E-state index in [0.717, 1.165) is 0 Å². The van der Waals surface area contributed by atoms with Crippen molar-refractivity contribution in [3.8, 4) is 0 Å². The number of hydrogen-bond donors (Lipinski definition) is 4. The number of rotatable bonds is 0. The molecule has 7 heteroatoms. The van der Waals surface area contributed by atoms with Crippen molar-refractivity contribution in [2.45, 2.75) is 0 Å². The van der Waals surface area contributed by atoms with Gasteiger partial charge in [0, 0.05) is 0 Å². The fraction of sp³-hybridized carbons (Fsp3) is 0. The molecule has 4 N–H and O–H groups in total. The van der Waals surface area contributed by atoms with E-state index in [-0.39, 0.29) is 4.64 Å². The summed E-state index contributed by atoms with van der Waals surface area (Å²) in [5, 5.41) is 0. The molecule has 0 unspecified atom stereocenters. The predicted molar refractivity (Wildman–Crippen MR) is 44.7 cm³/mol. The molecule has 2 rings (SSSR count). The summed E-state index contributed by atoms with van der Waals surface area (Å²) in [7, 11) is 0. The van der Waals surface area contributed by atoms with Crippen molar-refractivity contribution < 1.29 is 0 Å². The maximum absolute atomic E-state index is 10.8. The molecule has 62 valence electrons. The molecular formula is C5H4N4O2S. The van der Waals surface area contributed by atoms with Crippen molar-refractivity contribution in [2.75, 3.05) is 0 Å². The smallest absolute Gasteiger partial charge is 0.302 e. The Bertz CT molecular complexity index is 585. The van der Waals surface area contributed by atoms with Crippen LogP contribution in [0.5, 0.6) is 0 Å². The molecule has 0 amide bonds. The van der Waals surface area contributed by atoms with Crippen LogP contribution in [0.1, 0.15) is 0 Å². The second-order valence-corrected chi connectivity index (χ2v) is 2.65. The van der Waals surface area contributed by atoms with Gasteiger partial charge >= 0.3 is 11.4 Å². The van der Waals surface area contributed by atoms with Gasteiger partial charge in [0.25, 0.3) is 0 Å². The topological polar surface area (TPSA) is 97.3 Å². The van der Waals surface area contributed by atoms with E-state index in [1.54, 1.807) is 0 Å². The Balaban J connectivity index is 3.18. The van der Waals surface area contributed by atoms with E-state index in [2.05, 4.69) is 19.9 Å². The average Bonchev–Trinajstić information content (AvgIpc) is 2.29. The summed E-state index contributed by atoms with van der Waals surface area (Å²) < 4.78 is 0.215. The van der Waals surface area contributed by atoms with Crippen molar-refractivity contribution >= 4 is 23.4 Å². The fourth-order valence-corrected chi connectivity index (χ4v) is 1.20. The van der Waals surface area contributed by atoms with Gasteiger partial charge in [-0.05, 0) is 0 Å². The first-order valence-electron chi connectivity index (χ1n) is 3.11. The van der Waals surface area contributed by atoms with Gasteiger partial charge in [0.15, 0.2) is 0 Å². The fourth-order valence-electron chi connectivity index (χ4n) is 0.958. The highest BCUT2D eigenvalue weighted by molar-refractivity contribution is 7.71. The first-order valence-corrected chi connectivity index (χ1v) is 3.52. The molecule has 0 aliphatic heterocycles. The molecule has 0 fully saturated rings. The van der Waals surface area contributed by atoms with Crippen LogP contribution in [0.3, 0.4) is 0 Å². The summed E-state index contributed by atoms with van der Waals surface area (Å²) in [5.74, 6) is 0. The zero-order valence-electron chi connectivity index (χ0n) is 5.72. The SMILES string of the molecule is O=[13c]1[nH]c2[nH][13c](=O)[nH][13c]2[13c](=S)[nH]1. The molecule has 0 saturated heterocycles. The van der Waals surface area contributed by atoms with Crippen molar-refractivity contribution in [1.29, 1.82) is 0 Å². The lowest BCUT2D eigenvalue weighted by Crippen LogP contribution is -2.09. The Morgan fingerprint density at radius 2 is 1.50 bits per heavy atom. The number of aromatic nitrogens is 4. The van der Waals surface area contributed by atoms with Gasteiger partial charge < -0.3 is 4.98 Å². The lowest BCUT2D eigenvalue weighted by atomic mass is 11.0. The lowest BCUT2D eigenvalue weighted by Gasteiger charge is -1.86. The third kappa shape index (κ3) is 0.909. The summed E-state index contributed by atoms with van der Waals surface area (Å²) in [4.78, 5) is 31.1. The Morgan fingerprint density at radius 1 is 0.917 bits per heavy atom. The maximum Gasteiger partial charge on any atom is 0.325 e. The van der Waals surface area contributed by atoms with Crippen LogP contribution in [0.2, 0.25) is 0 Å². The summed E-state index contributed by atoms with van der Waals surface area (Å²) >= 11 is 4.79. The molecule has 12 heavy (non-hydrogen) atoms. The molecule has 6 nitrogen and oxygen atoms in total. The number of fused-ring (bicyclic) bond motifs is 1. The van der Waals surface area contributed by atoms with Crippen LogP contribution in [0, 0.1) is 4.64 Å². The Labute approximate surface area is 69.7 Å². The summed E-state index contributed by atoms with van der Waals surface area (Å²) in [5.41, 5.74) is -0.113. The number of hydrogen-bond acceptors (Lipinski definition) is 3. The van der Waals surface area contributed by atoms with Crippen LogP contribution >= 0.6 is 12.2 Å². The summed E-state index contributed by atoms with van der Waals surface area (Å²) in [6.45, 7) is 0. The first kappa shape index (κ1) is 7.04. The summed E-state index contributed by atoms with van der Waals surface area (Å²) in [6.07, 6.45) is 0. The minimum absolute atomic E-state index is 0.215. The molecule has 0 saturated carbocycles. The molecule has 0 radical (unpaired) electrons. The van der Waals surface area contributed by atoms with Gasteiger partial charge in [-0.1, -0.05) is 12.2 Å². The van der Waals surface area contributed by atoms with Gasteiger partial charge in [-0.3, -0.25) is 15.0 Å². The second-order valence-electron chi connectivity index (χ2n) is 2.24. The van der Waals surface area contributed by atoms with Crippen molar-refractivity contribution in [1.82, 2.24) is 19.9 Å². The van der Waals surface area contributed by atoms with Gasteiger partial charge in [-0.2, -0.15) is 0 Å². The van der Waals surface area contributed by atoms with Crippen molar-refractivity contribution in [3.05, 3.63) is 25.6 Å². The minimum atomic E-state index is -0.442. The monoisotopic (exact) mass is 188 g/mol. The van der Waals surface area contributed by atoms with Gasteiger partial charge in [0.1, 0.15) is 15.8 Å². The van der Waals surface area contributed by atoms with Crippen LogP contribution in [0.4, 0.5) is 0 Å². The van der Waals surface area contributed by atoms with Gasteiger partial charge in [-0.25, -0.2) is 9.59 Å². The molecule has 0 aliphatic rings. The zero-order chi connectivity index (χ0) is 8.72. The van der Waals surface area contributed by atoms with Crippen LogP contribution in [-0.4, -0.2) is 19.9 Å². The lowest BCUT2D eigenvalue weighted by molar-refractivity contribution is 1.09. The van der Waals surface area contributed by atoms with Crippen LogP contribution in [0.15, 0.2) is 9.59 Å². The highest BCUT2D eigenvalue weighted by Crippen LogP contribution is 1.98. The Hall–Kier alpha value is -1.63. The number of H-pyrrole nitrogens is 4. The molecule has 0 aromatic carbocycles. The Morgan fingerprint density at radius 3 is 2.17 bits per heavy atom. The van der Waals surface area contributed by atoms with E-state index in [0.29, 0.717) is 11.2 Å². The van der Waals surface area contributed by atoms with Crippen molar-refractivity contribution in [2.24, 2.45) is 0 Å². The largest absolute Gasteiger partial charge is 0.325 e. The second kappa shape index (κ2) is 2.18. The van der Waals surface area contributed by atoms with Crippen molar-refractivity contribution in [3.63, 3.8) is 0 Å². The molecule has 2 heterocycles. The van der Waals surface area contributed by atoms with Gasteiger partial charge in [-0.15, -0.1) is 0 Å². The molecule has 0 spiro atoms. The molecule has 0 atom stereocenters. The predicted octanol–water partition coefficient (Wildman–Crippen LogP) is -0.398. The highest BCUT2D eigenvalue weighted by atomic mass is 32.1. The molecular weight excluding hydrogens is 184 g/mol. The van der Waals surface area contributed by atoms with Crippen LogP contribution in [-0.2, 0) is 0 Å². The van der Waals surface area contributed by atoms with Crippen LogP contribution < -0.4 is 11.4 Å². The van der Waals surface area contributed by atoms with E-state index in [4.69, 9.17) is 12.2 Å². The number of aromatic amines is 4. The quantitative estimate of drug-likeness (QED) is 0.423. The third-order valence-electron chi connectivity index (χ3n) is 1.42. The maximum atomic E-state index is 10.8. The Kier molecular flexibility index (Phi) is 1.28. The molecule has 2 aromatic heterocycles. The van der Waals surface area contributed by atoms with E-state index in [9.17, 15) is 9.59 Å². The van der Waals surface area contributed by atoms with Gasteiger partial charge in [0.2, 0.25) is 0 Å². The standard InChI is InChI=1S/C5H4N4O2S/c10-4-6-1-2(7-4)8-5(11)9-3(1)12/h(H4,6,7,8,9,10,11,12)/i1+1,3+1,4+1,5+1. The minimum Gasteiger partial charge on any atom is -0.302 e. The van der Waals surface area contributed by atoms with E-state index >= 15 is 0 Å². The normalized spacial score (nSPS) is 10.7. The zero-order valence-corrected chi connectivity index (χ0v) is 6.54. The van der Waals surface area contributed by atoms with E-state index in [1.807, 2.05) is 0 Å². The molecule has 0 bridgehead atoms.